The molecule has 2 aromatic carbocycles. The highest BCUT2D eigenvalue weighted by Crippen LogP contribution is 2.39. The van der Waals surface area contributed by atoms with Crippen LogP contribution in [0.3, 0.4) is 0 Å². The monoisotopic (exact) mass is 600 g/mol. The number of aromatic nitrogens is 1. The summed E-state index contributed by atoms with van der Waals surface area (Å²) in [5.41, 5.74) is 0.783. The lowest BCUT2D eigenvalue weighted by molar-refractivity contribution is -0.185. The first kappa shape index (κ1) is 31.0. The fourth-order valence-corrected chi connectivity index (χ4v) is 6.00. The van der Waals surface area contributed by atoms with E-state index in [0.717, 1.165) is 12.1 Å². The Morgan fingerprint density at radius 3 is 2.20 bits per heavy atom. The number of ether oxygens (including phenoxy) is 2. The summed E-state index contributed by atoms with van der Waals surface area (Å²) in [7, 11) is 1.39. The number of carbonyl (C=O) groups excluding carboxylic acids is 1. The van der Waals surface area contributed by atoms with Crippen molar-refractivity contribution >= 4 is 17.3 Å². The fraction of sp³-hybridized carbons (Fsp3) is 0.448. The Balaban J connectivity index is 1.62. The van der Waals surface area contributed by atoms with Gasteiger partial charge in [-0.3, -0.25) is 4.90 Å². The molecule has 0 aliphatic carbocycles. The van der Waals surface area contributed by atoms with Gasteiger partial charge < -0.3 is 9.47 Å². The molecule has 3 aromatic rings. The van der Waals surface area contributed by atoms with Crippen LogP contribution in [0.4, 0.5) is 26.3 Å². The van der Waals surface area contributed by atoms with Crippen molar-refractivity contribution in [1.29, 1.82) is 0 Å². The number of halogens is 6. The number of carbonyl (C=O) groups is 1. The van der Waals surface area contributed by atoms with Crippen LogP contribution >= 0.6 is 11.3 Å². The lowest BCUT2D eigenvalue weighted by Crippen LogP contribution is -2.38. The standard InChI is InChI=1S/C29H30F6N2O3S/c1-3-23(40-27(38)24(39-2)18-7-5-4-6-8-18)25-22(17-37-15-13-21(14-16-37)29(33,34)35)36-26(41-25)19-9-11-20(12-10-19)28(30,31)32/h4-12,21,23-24H,3,13-17H2,1-2H3/t23-,24-/m1/s1. The minimum absolute atomic E-state index is 0.0342. The largest absolute Gasteiger partial charge is 0.454 e. The quantitative estimate of drug-likeness (QED) is 0.184. The topological polar surface area (TPSA) is 51.7 Å². The van der Waals surface area contributed by atoms with E-state index in [9.17, 15) is 31.1 Å². The van der Waals surface area contributed by atoms with E-state index in [-0.39, 0.29) is 32.5 Å². The average molecular weight is 601 g/mol. The van der Waals surface area contributed by atoms with E-state index in [4.69, 9.17) is 9.47 Å². The summed E-state index contributed by atoms with van der Waals surface area (Å²) in [6.45, 7) is 2.47. The van der Waals surface area contributed by atoms with Crippen molar-refractivity contribution in [1.82, 2.24) is 9.88 Å². The molecule has 222 valence electrons. The first-order valence-corrected chi connectivity index (χ1v) is 14.0. The Labute approximate surface area is 238 Å². The Morgan fingerprint density at radius 2 is 1.66 bits per heavy atom. The Morgan fingerprint density at radius 1 is 1.02 bits per heavy atom. The van der Waals surface area contributed by atoms with E-state index in [2.05, 4.69) is 4.98 Å². The number of methoxy groups -OCH3 is 1. The number of benzene rings is 2. The van der Waals surface area contributed by atoms with Gasteiger partial charge in [0.15, 0.2) is 6.10 Å². The summed E-state index contributed by atoms with van der Waals surface area (Å²) in [6, 6.07) is 13.4. The molecule has 0 unspecified atom stereocenters. The molecule has 4 rings (SSSR count). The smallest absolute Gasteiger partial charge is 0.416 e. The van der Waals surface area contributed by atoms with Gasteiger partial charge in [-0.05, 0) is 50.0 Å². The van der Waals surface area contributed by atoms with Crippen molar-refractivity contribution < 1.29 is 40.6 Å². The molecule has 41 heavy (non-hydrogen) atoms. The van der Waals surface area contributed by atoms with Crippen molar-refractivity contribution in [2.75, 3.05) is 20.2 Å². The minimum atomic E-state index is -4.49. The van der Waals surface area contributed by atoms with Crippen molar-refractivity contribution in [3.05, 3.63) is 76.3 Å². The molecule has 1 aliphatic rings. The highest BCUT2D eigenvalue weighted by atomic mass is 32.1. The van der Waals surface area contributed by atoms with Gasteiger partial charge in [0.1, 0.15) is 11.1 Å². The minimum Gasteiger partial charge on any atom is -0.454 e. The lowest BCUT2D eigenvalue weighted by Gasteiger charge is -2.32. The first-order valence-electron chi connectivity index (χ1n) is 13.1. The van der Waals surface area contributed by atoms with Crippen molar-refractivity contribution in [3.63, 3.8) is 0 Å². The summed E-state index contributed by atoms with van der Waals surface area (Å²) < 4.78 is 90.1. The molecule has 0 N–H and O–H groups in total. The van der Waals surface area contributed by atoms with E-state index in [1.165, 1.54) is 30.6 Å². The van der Waals surface area contributed by atoms with E-state index in [0.29, 0.717) is 33.1 Å². The molecule has 12 heteroatoms. The third-order valence-electron chi connectivity index (χ3n) is 7.08. The highest BCUT2D eigenvalue weighted by Gasteiger charge is 2.41. The van der Waals surface area contributed by atoms with Gasteiger partial charge in [0, 0.05) is 19.2 Å². The van der Waals surface area contributed by atoms with Crippen LogP contribution < -0.4 is 0 Å². The summed E-state index contributed by atoms with van der Waals surface area (Å²) in [6.07, 6.45) is -10.1. The fourth-order valence-electron chi connectivity index (χ4n) is 4.80. The van der Waals surface area contributed by atoms with Crippen LogP contribution in [0.1, 0.15) is 60.1 Å². The van der Waals surface area contributed by atoms with Crippen molar-refractivity contribution in [3.8, 4) is 10.6 Å². The predicted octanol–water partition coefficient (Wildman–Crippen LogP) is 7.99. The molecule has 2 atom stereocenters. The average Bonchev–Trinajstić information content (AvgIpc) is 3.35. The molecule has 0 bridgehead atoms. The zero-order chi connectivity index (χ0) is 29.8. The van der Waals surface area contributed by atoms with Crippen molar-refractivity contribution in [2.24, 2.45) is 5.92 Å². The van der Waals surface area contributed by atoms with Gasteiger partial charge in [-0.2, -0.15) is 26.3 Å². The molecule has 0 radical (unpaired) electrons. The zero-order valence-corrected chi connectivity index (χ0v) is 23.3. The van der Waals surface area contributed by atoms with Gasteiger partial charge in [-0.1, -0.05) is 49.4 Å². The lowest BCUT2D eigenvalue weighted by atomic mass is 9.96. The van der Waals surface area contributed by atoms with Crippen molar-refractivity contribution in [2.45, 2.75) is 57.3 Å². The highest BCUT2D eigenvalue weighted by molar-refractivity contribution is 7.15. The van der Waals surface area contributed by atoms with Gasteiger partial charge in [-0.15, -0.1) is 11.3 Å². The van der Waals surface area contributed by atoms with Crippen LogP contribution in [0.2, 0.25) is 0 Å². The number of hydrogen-bond acceptors (Lipinski definition) is 6. The predicted molar refractivity (Wildman–Crippen MR) is 142 cm³/mol. The molecular formula is C29H30F6N2O3S. The molecular weight excluding hydrogens is 570 g/mol. The van der Waals surface area contributed by atoms with Gasteiger partial charge in [0.05, 0.1) is 22.1 Å². The maximum absolute atomic E-state index is 13.2. The molecule has 2 heterocycles. The third-order valence-corrected chi connectivity index (χ3v) is 8.32. The van der Waals surface area contributed by atoms with Crippen LogP contribution in [-0.2, 0) is 27.0 Å². The molecule has 0 saturated carbocycles. The Kier molecular flexibility index (Phi) is 9.76. The second-order valence-electron chi connectivity index (χ2n) is 9.86. The summed E-state index contributed by atoms with van der Waals surface area (Å²) in [5.74, 6) is -1.98. The Hall–Kier alpha value is -2.96. The van der Waals surface area contributed by atoms with E-state index in [1.54, 1.807) is 30.3 Å². The number of hydrogen-bond donors (Lipinski definition) is 0. The van der Waals surface area contributed by atoms with Crippen LogP contribution in [0, 0.1) is 5.92 Å². The van der Waals surface area contributed by atoms with Crippen LogP contribution in [0.25, 0.3) is 10.6 Å². The molecule has 1 saturated heterocycles. The number of esters is 1. The number of nitrogens with zero attached hydrogens (tertiary/aromatic N) is 2. The number of thiazole rings is 1. The second-order valence-corrected chi connectivity index (χ2v) is 10.9. The zero-order valence-electron chi connectivity index (χ0n) is 22.5. The number of alkyl halides is 6. The number of piperidine rings is 1. The molecule has 5 nitrogen and oxygen atoms in total. The van der Waals surface area contributed by atoms with Gasteiger partial charge in [0.25, 0.3) is 0 Å². The Bertz CT molecular complexity index is 1290. The second kappa shape index (κ2) is 12.9. The van der Waals surface area contributed by atoms with E-state index in [1.807, 2.05) is 11.8 Å². The van der Waals surface area contributed by atoms with E-state index >= 15 is 0 Å². The number of rotatable bonds is 9. The van der Waals surface area contributed by atoms with Crippen LogP contribution in [-0.4, -0.2) is 42.2 Å². The maximum atomic E-state index is 13.2. The first-order chi connectivity index (χ1) is 19.4. The molecule has 0 spiro atoms. The van der Waals surface area contributed by atoms with E-state index < -0.39 is 42.0 Å². The number of likely N-dealkylation sites (tertiary alicyclic amines) is 1. The van der Waals surface area contributed by atoms with Crippen LogP contribution in [0.15, 0.2) is 54.6 Å². The van der Waals surface area contributed by atoms with Gasteiger partial charge in [-0.25, -0.2) is 9.78 Å². The molecule has 1 fully saturated rings. The van der Waals surface area contributed by atoms with Gasteiger partial charge >= 0.3 is 18.3 Å². The van der Waals surface area contributed by atoms with Gasteiger partial charge in [0.2, 0.25) is 0 Å². The summed E-state index contributed by atoms with van der Waals surface area (Å²) >= 11 is 1.19. The summed E-state index contributed by atoms with van der Waals surface area (Å²) in [4.78, 5) is 20.3. The molecule has 0 amide bonds. The SMILES string of the molecule is CC[C@@H](OC(=O)[C@H](OC)c1ccccc1)c1sc(-c2ccc(C(F)(F)F)cc2)nc1CN1CCC(C(F)(F)F)CC1. The summed E-state index contributed by atoms with van der Waals surface area (Å²) in [5, 5.41) is 0.426. The molecule has 1 aliphatic heterocycles. The maximum Gasteiger partial charge on any atom is 0.416 e. The normalized spacial score (nSPS) is 16.9. The van der Waals surface area contributed by atoms with Crippen LogP contribution in [0.5, 0.6) is 0 Å². The third kappa shape index (κ3) is 7.66. The molecule has 1 aromatic heterocycles.